The fourth-order valence-electron chi connectivity index (χ4n) is 1.96. The zero-order chi connectivity index (χ0) is 8.93. The lowest BCUT2D eigenvalue weighted by molar-refractivity contribution is 0.00306. The van der Waals surface area contributed by atoms with Gasteiger partial charge in [0.05, 0.1) is 0 Å². The lowest BCUT2D eigenvalue weighted by Crippen LogP contribution is -2.57. The van der Waals surface area contributed by atoms with Gasteiger partial charge in [-0.1, -0.05) is 6.42 Å². The summed E-state index contributed by atoms with van der Waals surface area (Å²) in [5.41, 5.74) is 3.48. The zero-order valence-electron chi connectivity index (χ0n) is 8.26. The van der Waals surface area contributed by atoms with Crippen molar-refractivity contribution >= 4 is 0 Å². The molecule has 2 rings (SSSR count). The normalized spacial score (nSPS) is 27.7. The van der Waals surface area contributed by atoms with Crippen LogP contribution in [-0.2, 0) is 0 Å². The lowest BCUT2D eigenvalue weighted by atomic mass is 10.2. The van der Waals surface area contributed by atoms with E-state index >= 15 is 0 Å². The van der Waals surface area contributed by atoms with Gasteiger partial charge in [0, 0.05) is 39.3 Å². The van der Waals surface area contributed by atoms with E-state index in [1.807, 2.05) is 0 Å². The number of rotatable bonds is 2. The van der Waals surface area contributed by atoms with Crippen molar-refractivity contribution in [1.29, 1.82) is 0 Å². The van der Waals surface area contributed by atoms with Crippen molar-refractivity contribution in [2.45, 2.75) is 19.3 Å². The molecule has 0 bridgehead atoms. The molecule has 0 aliphatic carbocycles. The molecule has 2 aliphatic rings. The Morgan fingerprint density at radius 2 is 1.38 bits per heavy atom. The molecule has 0 amide bonds. The van der Waals surface area contributed by atoms with Crippen LogP contribution in [0.4, 0.5) is 0 Å². The zero-order valence-corrected chi connectivity index (χ0v) is 8.26. The van der Waals surface area contributed by atoms with Gasteiger partial charge in [0.1, 0.15) is 0 Å². The van der Waals surface area contributed by atoms with E-state index in [2.05, 4.69) is 20.9 Å². The standard InChI is InChI=1S/C9H20N4/c1-2-6-12(7-3-1)11-13-8-4-10-5-9-13/h10-11H,1-9H2. The number of hydrogen-bond acceptors (Lipinski definition) is 4. The molecule has 0 atom stereocenters. The minimum absolute atomic E-state index is 1.11. The third-order valence-corrected chi connectivity index (χ3v) is 2.76. The van der Waals surface area contributed by atoms with Gasteiger partial charge >= 0.3 is 0 Å². The minimum Gasteiger partial charge on any atom is -0.314 e. The van der Waals surface area contributed by atoms with E-state index in [-0.39, 0.29) is 0 Å². The van der Waals surface area contributed by atoms with Crippen molar-refractivity contribution in [1.82, 2.24) is 20.9 Å². The van der Waals surface area contributed by atoms with Gasteiger partial charge in [-0.2, -0.15) is 5.53 Å². The summed E-state index contributed by atoms with van der Waals surface area (Å²) >= 11 is 0. The molecule has 2 fully saturated rings. The van der Waals surface area contributed by atoms with Gasteiger partial charge in [-0.15, -0.1) is 0 Å². The van der Waals surface area contributed by atoms with Crippen molar-refractivity contribution in [3.63, 3.8) is 0 Å². The first-order valence-electron chi connectivity index (χ1n) is 5.42. The van der Waals surface area contributed by atoms with Gasteiger partial charge in [-0.3, -0.25) is 0 Å². The maximum Gasteiger partial charge on any atom is 0.0270 e. The Labute approximate surface area is 80.2 Å². The highest BCUT2D eigenvalue weighted by Gasteiger charge is 2.14. The summed E-state index contributed by atoms with van der Waals surface area (Å²) in [5, 5.41) is 8.03. The van der Waals surface area contributed by atoms with Gasteiger partial charge in [0.25, 0.3) is 0 Å². The molecule has 13 heavy (non-hydrogen) atoms. The summed E-state index contributed by atoms with van der Waals surface area (Å²) in [7, 11) is 0. The van der Waals surface area contributed by atoms with E-state index in [0.29, 0.717) is 0 Å². The highest BCUT2D eigenvalue weighted by Crippen LogP contribution is 2.06. The molecule has 2 N–H and O–H groups in total. The van der Waals surface area contributed by atoms with Crippen LogP contribution >= 0.6 is 0 Å². The summed E-state index contributed by atoms with van der Waals surface area (Å²) in [6, 6.07) is 0. The van der Waals surface area contributed by atoms with Crippen LogP contribution in [0.15, 0.2) is 0 Å². The second-order valence-corrected chi connectivity index (χ2v) is 3.88. The van der Waals surface area contributed by atoms with E-state index < -0.39 is 0 Å². The fraction of sp³-hybridized carbons (Fsp3) is 1.00. The molecular weight excluding hydrogens is 164 g/mol. The Kier molecular flexibility index (Phi) is 3.55. The lowest BCUT2D eigenvalue weighted by Gasteiger charge is -2.35. The molecule has 0 unspecified atom stereocenters. The third kappa shape index (κ3) is 2.91. The molecular formula is C9H20N4. The SMILES string of the molecule is C1CCN(NN2CCNCC2)CC1. The van der Waals surface area contributed by atoms with Crippen molar-refractivity contribution in [2.24, 2.45) is 0 Å². The van der Waals surface area contributed by atoms with Crippen LogP contribution in [-0.4, -0.2) is 49.3 Å². The Morgan fingerprint density at radius 1 is 0.769 bits per heavy atom. The molecule has 4 heteroatoms. The molecule has 76 valence electrons. The summed E-state index contributed by atoms with van der Waals surface area (Å²) in [5.74, 6) is 0. The van der Waals surface area contributed by atoms with Crippen LogP contribution < -0.4 is 10.9 Å². The molecule has 2 saturated heterocycles. The number of piperazine rings is 1. The van der Waals surface area contributed by atoms with E-state index in [4.69, 9.17) is 0 Å². The third-order valence-electron chi connectivity index (χ3n) is 2.76. The molecule has 2 aliphatic heterocycles. The fourth-order valence-corrected chi connectivity index (χ4v) is 1.96. The first-order valence-corrected chi connectivity index (χ1v) is 5.42. The van der Waals surface area contributed by atoms with Crippen LogP contribution in [0, 0.1) is 0 Å². The second-order valence-electron chi connectivity index (χ2n) is 3.88. The van der Waals surface area contributed by atoms with E-state index in [1.165, 1.54) is 32.4 Å². The molecule has 2 heterocycles. The molecule has 0 saturated carbocycles. The molecule has 0 aromatic heterocycles. The van der Waals surface area contributed by atoms with Crippen molar-refractivity contribution < 1.29 is 0 Å². The Balaban J connectivity index is 1.69. The molecule has 0 aromatic rings. The average Bonchev–Trinajstić information content (AvgIpc) is 2.21. The van der Waals surface area contributed by atoms with Crippen LogP contribution in [0.25, 0.3) is 0 Å². The van der Waals surface area contributed by atoms with Crippen LogP contribution in [0.1, 0.15) is 19.3 Å². The number of hydrogen-bond donors (Lipinski definition) is 2. The monoisotopic (exact) mass is 184 g/mol. The summed E-state index contributed by atoms with van der Waals surface area (Å²) in [6.07, 6.45) is 4.10. The first kappa shape index (κ1) is 9.40. The predicted molar refractivity (Wildman–Crippen MR) is 53.0 cm³/mol. The molecule has 0 aromatic carbocycles. The van der Waals surface area contributed by atoms with Crippen molar-refractivity contribution in [2.75, 3.05) is 39.3 Å². The number of hydrazine groups is 2. The van der Waals surface area contributed by atoms with Gasteiger partial charge in [0.2, 0.25) is 0 Å². The Hall–Kier alpha value is -0.160. The minimum atomic E-state index is 1.11. The maximum atomic E-state index is 3.48. The van der Waals surface area contributed by atoms with Crippen molar-refractivity contribution in [3.05, 3.63) is 0 Å². The van der Waals surface area contributed by atoms with Gasteiger partial charge < -0.3 is 5.32 Å². The second kappa shape index (κ2) is 4.91. The Morgan fingerprint density at radius 3 is 2.08 bits per heavy atom. The Bertz CT molecular complexity index is 123. The number of piperidine rings is 1. The highest BCUT2D eigenvalue weighted by atomic mass is 15.8. The van der Waals surface area contributed by atoms with E-state index in [1.54, 1.807) is 0 Å². The highest BCUT2D eigenvalue weighted by molar-refractivity contribution is 4.65. The topological polar surface area (TPSA) is 30.5 Å². The molecule has 0 radical (unpaired) electrons. The maximum absolute atomic E-state index is 3.48. The van der Waals surface area contributed by atoms with E-state index in [0.717, 1.165) is 26.2 Å². The first-order chi connectivity index (χ1) is 6.45. The van der Waals surface area contributed by atoms with Gasteiger partial charge in [-0.05, 0) is 12.8 Å². The smallest absolute Gasteiger partial charge is 0.0270 e. The largest absolute Gasteiger partial charge is 0.314 e. The van der Waals surface area contributed by atoms with Crippen LogP contribution in [0.3, 0.4) is 0 Å². The quantitative estimate of drug-likeness (QED) is 0.622. The average molecular weight is 184 g/mol. The summed E-state index contributed by atoms with van der Waals surface area (Å²) in [6.45, 7) is 6.89. The summed E-state index contributed by atoms with van der Waals surface area (Å²) in [4.78, 5) is 0. The van der Waals surface area contributed by atoms with Crippen LogP contribution in [0.2, 0.25) is 0 Å². The van der Waals surface area contributed by atoms with Gasteiger partial charge in [0.15, 0.2) is 0 Å². The number of nitrogens with one attached hydrogen (secondary N) is 2. The van der Waals surface area contributed by atoms with Crippen LogP contribution in [0.5, 0.6) is 0 Å². The van der Waals surface area contributed by atoms with Gasteiger partial charge in [-0.25, -0.2) is 10.0 Å². The van der Waals surface area contributed by atoms with E-state index in [9.17, 15) is 0 Å². The predicted octanol–water partition coefficient (Wildman–Crippen LogP) is -0.203. The summed E-state index contributed by atoms with van der Waals surface area (Å²) < 4.78 is 0. The molecule has 0 spiro atoms. The molecule has 4 nitrogen and oxygen atoms in total. The number of nitrogens with zero attached hydrogens (tertiary/aromatic N) is 2. The van der Waals surface area contributed by atoms with Crippen molar-refractivity contribution in [3.8, 4) is 0 Å².